The third-order valence-corrected chi connectivity index (χ3v) is 5.79. The number of nitrogens with one attached hydrogen (secondary N) is 1. The molecule has 2 aliphatic heterocycles. The van der Waals surface area contributed by atoms with Crippen molar-refractivity contribution in [2.75, 3.05) is 20.1 Å². The molecule has 3 rings (SSSR count). The van der Waals surface area contributed by atoms with E-state index >= 15 is 0 Å². The predicted octanol–water partition coefficient (Wildman–Crippen LogP) is 0.402. The molecule has 0 unspecified atom stereocenters. The monoisotopic (exact) mass is 334 g/mol. The first-order valence-corrected chi connectivity index (χ1v) is 8.72. The zero-order valence-electron chi connectivity index (χ0n) is 14.5. The van der Waals surface area contributed by atoms with E-state index in [9.17, 15) is 14.4 Å². The van der Waals surface area contributed by atoms with Crippen molar-refractivity contribution in [1.82, 2.24) is 19.4 Å². The predicted molar refractivity (Wildman–Crippen MR) is 90.9 cm³/mol. The van der Waals surface area contributed by atoms with Gasteiger partial charge in [0.25, 0.3) is 5.56 Å². The number of piperidine rings is 1. The molecule has 1 N–H and O–H groups in total. The Morgan fingerprint density at radius 1 is 1.29 bits per heavy atom. The lowest BCUT2D eigenvalue weighted by molar-refractivity contribution is -0.140. The van der Waals surface area contributed by atoms with Gasteiger partial charge >= 0.3 is 5.69 Å². The molecule has 2 saturated heterocycles. The van der Waals surface area contributed by atoms with Crippen LogP contribution in [0.25, 0.3) is 0 Å². The standard InChI is InChI=1S/C17H26N4O3/c1-17-8-5-10-21(13(17)6-3-4-9-19(17)2)15(23)12-20-11-7-14(22)18-16(20)24/h7,11,13H,3-6,8-10,12H2,1-2H3,(H,18,22,24)/t13-,17-/m0/s1. The van der Waals surface area contributed by atoms with E-state index in [4.69, 9.17) is 0 Å². The number of hydrogen-bond donors (Lipinski definition) is 1. The maximum Gasteiger partial charge on any atom is 0.328 e. The van der Waals surface area contributed by atoms with Crippen molar-refractivity contribution < 1.29 is 4.79 Å². The highest BCUT2D eigenvalue weighted by Crippen LogP contribution is 2.37. The zero-order valence-corrected chi connectivity index (χ0v) is 14.5. The number of fused-ring (bicyclic) bond motifs is 1. The molecule has 0 aliphatic carbocycles. The van der Waals surface area contributed by atoms with Gasteiger partial charge in [0.15, 0.2) is 0 Å². The second-order valence-corrected chi connectivity index (χ2v) is 7.22. The van der Waals surface area contributed by atoms with Gasteiger partial charge in [0, 0.05) is 30.4 Å². The summed E-state index contributed by atoms with van der Waals surface area (Å²) in [5.74, 6) is -0.0460. The molecule has 0 spiro atoms. The van der Waals surface area contributed by atoms with E-state index in [2.05, 4.69) is 23.9 Å². The average molecular weight is 334 g/mol. The first kappa shape index (κ1) is 17.0. The molecular formula is C17H26N4O3. The summed E-state index contributed by atoms with van der Waals surface area (Å²) in [4.78, 5) is 42.4. The minimum atomic E-state index is -0.534. The van der Waals surface area contributed by atoms with Gasteiger partial charge in [0.05, 0.1) is 0 Å². The summed E-state index contributed by atoms with van der Waals surface area (Å²) in [5, 5.41) is 0. The van der Waals surface area contributed by atoms with Crippen molar-refractivity contribution in [1.29, 1.82) is 0 Å². The van der Waals surface area contributed by atoms with E-state index in [0.717, 1.165) is 45.2 Å². The number of aromatic nitrogens is 2. The highest BCUT2D eigenvalue weighted by molar-refractivity contribution is 5.76. The van der Waals surface area contributed by atoms with Crippen LogP contribution in [0.15, 0.2) is 21.9 Å². The smallest absolute Gasteiger partial charge is 0.328 e. The molecule has 0 aromatic carbocycles. The van der Waals surface area contributed by atoms with Gasteiger partial charge in [-0.25, -0.2) is 4.79 Å². The number of nitrogens with zero attached hydrogens (tertiary/aromatic N) is 3. The molecule has 2 aliphatic rings. The summed E-state index contributed by atoms with van der Waals surface area (Å²) in [6.07, 6.45) is 6.74. The second kappa shape index (κ2) is 6.55. The topological polar surface area (TPSA) is 78.4 Å². The van der Waals surface area contributed by atoms with Crippen LogP contribution < -0.4 is 11.2 Å². The van der Waals surface area contributed by atoms with Crippen LogP contribution in [0.2, 0.25) is 0 Å². The molecule has 1 aromatic heterocycles. The summed E-state index contributed by atoms with van der Waals surface area (Å²) < 4.78 is 1.27. The van der Waals surface area contributed by atoms with E-state index in [-0.39, 0.29) is 24.0 Å². The number of likely N-dealkylation sites (N-methyl/N-ethyl adjacent to an activating group) is 1. The van der Waals surface area contributed by atoms with Crippen molar-refractivity contribution in [2.24, 2.45) is 0 Å². The molecule has 2 atom stereocenters. The summed E-state index contributed by atoms with van der Waals surface area (Å²) in [6, 6.07) is 1.46. The van der Waals surface area contributed by atoms with Crippen LogP contribution in [-0.4, -0.2) is 57.0 Å². The van der Waals surface area contributed by atoms with Crippen LogP contribution in [0.3, 0.4) is 0 Å². The summed E-state index contributed by atoms with van der Waals surface area (Å²) in [7, 11) is 2.15. The number of carbonyl (C=O) groups excluding carboxylic acids is 1. The lowest BCUT2D eigenvalue weighted by atomic mass is 9.80. The minimum absolute atomic E-state index is 0.000369. The van der Waals surface area contributed by atoms with E-state index in [0.29, 0.717) is 0 Å². The van der Waals surface area contributed by atoms with E-state index in [1.807, 2.05) is 4.90 Å². The average Bonchev–Trinajstić information content (AvgIpc) is 2.69. The fourth-order valence-electron chi connectivity index (χ4n) is 4.22. The maximum atomic E-state index is 12.9. The number of aromatic amines is 1. The van der Waals surface area contributed by atoms with Gasteiger partial charge in [-0.3, -0.25) is 24.0 Å². The van der Waals surface area contributed by atoms with Crippen LogP contribution in [-0.2, 0) is 11.3 Å². The first-order chi connectivity index (χ1) is 11.4. The molecule has 0 bridgehead atoms. The normalized spacial score (nSPS) is 28.2. The van der Waals surface area contributed by atoms with E-state index in [1.54, 1.807) is 0 Å². The summed E-state index contributed by atoms with van der Waals surface area (Å²) in [6.45, 7) is 4.04. The maximum absolute atomic E-state index is 12.9. The molecular weight excluding hydrogens is 308 g/mol. The highest BCUT2D eigenvalue weighted by Gasteiger charge is 2.45. The fraction of sp³-hybridized carbons (Fsp3) is 0.706. The Morgan fingerprint density at radius 3 is 2.83 bits per heavy atom. The third kappa shape index (κ3) is 3.05. The Labute approximate surface area is 141 Å². The molecule has 3 heterocycles. The molecule has 7 heteroatoms. The number of amides is 1. The van der Waals surface area contributed by atoms with Gasteiger partial charge < -0.3 is 4.90 Å². The Hall–Kier alpha value is -1.89. The van der Waals surface area contributed by atoms with Crippen LogP contribution in [0, 0.1) is 0 Å². The van der Waals surface area contributed by atoms with Crippen LogP contribution in [0.1, 0.15) is 39.0 Å². The van der Waals surface area contributed by atoms with Crippen LogP contribution in [0.4, 0.5) is 0 Å². The molecule has 0 radical (unpaired) electrons. The van der Waals surface area contributed by atoms with Crippen molar-refractivity contribution in [3.63, 3.8) is 0 Å². The highest BCUT2D eigenvalue weighted by atomic mass is 16.2. The molecule has 0 saturated carbocycles. The third-order valence-electron chi connectivity index (χ3n) is 5.79. The van der Waals surface area contributed by atoms with Crippen LogP contribution in [0.5, 0.6) is 0 Å². The number of H-pyrrole nitrogens is 1. The molecule has 1 amide bonds. The number of rotatable bonds is 2. The Morgan fingerprint density at radius 2 is 2.08 bits per heavy atom. The van der Waals surface area contributed by atoms with Crippen molar-refractivity contribution in [3.8, 4) is 0 Å². The fourth-order valence-corrected chi connectivity index (χ4v) is 4.22. The van der Waals surface area contributed by atoms with Gasteiger partial charge in [-0.05, 0) is 46.2 Å². The SMILES string of the molecule is CN1CCCC[C@@H]2N(C(=O)Cn3ccc(=O)[nH]c3=O)CCC[C@@]21C. The first-order valence-electron chi connectivity index (χ1n) is 8.72. The molecule has 7 nitrogen and oxygen atoms in total. The number of carbonyl (C=O) groups is 1. The minimum Gasteiger partial charge on any atom is -0.336 e. The van der Waals surface area contributed by atoms with Gasteiger partial charge in [-0.15, -0.1) is 0 Å². The number of hydrogen-bond acceptors (Lipinski definition) is 4. The Kier molecular flexibility index (Phi) is 4.62. The van der Waals surface area contributed by atoms with Gasteiger partial charge in [-0.2, -0.15) is 0 Å². The molecule has 2 fully saturated rings. The quantitative estimate of drug-likeness (QED) is 0.849. The van der Waals surface area contributed by atoms with E-state index in [1.165, 1.54) is 16.8 Å². The largest absolute Gasteiger partial charge is 0.336 e. The van der Waals surface area contributed by atoms with Crippen LogP contribution >= 0.6 is 0 Å². The van der Waals surface area contributed by atoms with E-state index < -0.39 is 11.2 Å². The summed E-state index contributed by atoms with van der Waals surface area (Å²) in [5.41, 5.74) is -0.978. The molecule has 1 aromatic rings. The van der Waals surface area contributed by atoms with Gasteiger partial charge in [-0.1, -0.05) is 6.42 Å². The van der Waals surface area contributed by atoms with Crippen molar-refractivity contribution >= 4 is 5.91 Å². The van der Waals surface area contributed by atoms with Crippen molar-refractivity contribution in [2.45, 2.75) is 57.2 Å². The van der Waals surface area contributed by atoms with Gasteiger partial charge in [0.2, 0.25) is 5.91 Å². The molecule has 132 valence electrons. The second-order valence-electron chi connectivity index (χ2n) is 7.22. The Balaban J connectivity index is 1.83. The summed E-state index contributed by atoms with van der Waals surface area (Å²) >= 11 is 0. The molecule has 24 heavy (non-hydrogen) atoms. The number of likely N-dealkylation sites (tertiary alicyclic amines) is 2. The Bertz CT molecular complexity index is 725. The van der Waals surface area contributed by atoms with Crippen molar-refractivity contribution in [3.05, 3.63) is 33.1 Å². The lowest BCUT2D eigenvalue weighted by Gasteiger charge is -2.51. The van der Waals surface area contributed by atoms with Gasteiger partial charge in [0.1, 0.15) is 6.54 Å². The lowest BCUT2D eigenvalue weighted by Crippen LogP contribution is -2.63. The zero-order chi connectivity index (χ0) is 17.3.